The van der Waals surface area contributed by atoms with Crippen molar-refractivity contribution in [3.63, 3.8) is 0 Å². The lowest BCUT2D eigenvalue weighted by atomic mass is 9.85. The van der Waals surface area contributed by atoms with Gasteiger partial charge in [0.25, 0.3) is 0 Å². The standard InChI is InChI=1S/C37H52NO6/c1-2-3-4-5-6-7-8-17-26-41-36(40)42-29-43-37(30-18-11-9-12-19-30,31-20-13-10-14-21-31)35(39)44-34-27-32-22-23-33(28-34)38(32)24-15-16-25-38/h9-14,18-21,32-34H,2-8,15-17,22-29H2,1H3/q+1. The highest BCUT2D eigenvalue weighted by atomic mass is 16.8. The first-order valence-corrected chi connectivity index (χ1v) is 17.2. The van der Waals surface area contributed by atoms with E-state index in [9.17, 15) is 9.59 Å². The van der Waals surface area contributed by atoms with Gasteiger partial charge in [-0.15, -0.1) is 0 Å². The molecule has 3 heterocycles. The molecule has 2 aromatic rings. The van der Waals surface area contributed by atoms with Crippen LogP contribution >= 0.6 is 0 Å². The summed E-state index contributed by atoms with van der Waals surface area (Å²) in [6.45, 7) is 4.63. The molecule has 7 heteroatoms. The summed E-state index contributed by atoms with van der Waals surface area (Å²) in [5.74, 6) is -0.468. The Morgan fingerprint density at radius 3 is 1.86 bits per heavy atom. The van der Waals surface area contributed by atoms with Gasteiger partial charge in [-0.25, -0.2) is 9.59 Å². The van der Waals surface area contributed by atoms with Crippen molar-refractivity contribution in [2.75, 3.05) is 26.5 Å². The summed E-state index contributed by atoms with van der Waals surface area (Å²) in [6, 6.07) is 19.9. The molecule has 0 amide bonds. The molecule has 0 saturated carbocycles. The Morgan fingerprint density at radius 2 is 1.30 bits per heavy atom. The van der Waals surface area contributed by atoms with Crippen molar-refractivity contribution in [1.29, 1.82) is 0 Å². The highest BCUT2D eigenvalue weighted by Gasteiger charge is 2.57. The lowest BCUT2D eigenvalue weighted by molar-refractivity contribution is -0.956. The number of carbonyl (C=O) groups excluding carboxylic acids is 2. The molecule has 0 aliphatic carbocycles. The van der Waals surface area contributed by atoms with Crippen molar-refractivity contribution in [3.8, 4) is 0 Å². The van der Waals surface area contributed by atoms with Gasteiger partial charge in [0.2, 0.25) is 5.60 Å². The molecule has 1 spiro atoms. The van der Waals surface area contributed by atoms with Crippen molar-refractivity contribution in [2.45, 2.75) is 121 Å². The maximum Gasteiger partial charge on any atom is 0.510 e. The summed E-state index contributed by atoms with van der Waals surface area (Å²) < 4.78 is 24.6. The minimum Gasteiger partial charge on any atom is -0.459 e. The van der Waals surface area contributed by atoms with Gasteiger partial charge in [-0.05, 0) is 17.5 Å². The average Bonchev–Trinajstić information content (AvgIpc) is 3.59. The van der Waals surface area contributed by atoms with E-state index >= 15 is 0 Å². The van der Waals surface area contributed by atoms with E-state index in [0.29, 0.717) is 29.8 Å². The maximum atomic E-state index is 14.4. The Balaban J connectivity index is 1.22. The Morgan fingerprint density at radius 1 is 0.750 bits per heavy atom. The lowest BCUT2D eigenvalue weighted by Crippen LogP contribution is -2.60. The highest BCUT2D eigenvalue weighted by Crippen LogP contribution is 2.47. The molecule has 3 aliphatic rings. The summed E-state index contributed by atoms with van der Waals surface area (Å²) >= 11 is 0. The average molecular weight is 607 g/mol. The molecule has 2 aromatic carbocycles. The SMILES string of the molecule is CCCCCCCCCCOC(=O)OCOC(C(=O)OC1CC2CCC(C1)[N+]21CCCC1)(c1ccccc1)c1ccccc1. The van der Waals surface area contributed by atoms with Gasteiger partial charge in [0.15, 0.2) is 6.79 Å². The van der Waals surface area contributed by atoms with Gasteiger partial charge < -0.3 is 23.4 Å². The fourth-order valence-electron chi connectivity index (χ4n) is 8.11. The van der Waals surface area contributed by atoms with Crippen LogP contribution in [-0.4, -0.2) is 61.3 Å². The van der Waals surface area contributed by atoms with Gasteiger partial charge in [-0.3, -0.25) is 0 Å². The molecule has 5 rings (SSSR count). The number of carbonyl (C=O) groups is 2. The minimum atomic E-state index is -1.59. The first-order valence-electron chi connectivity index (χ1n) is 17.2. The molecule has 3 fully saturated rings. The van der Waals surface area contributed by atoms with E-state index in [0.717, 1.165) is 32.1 Å². The predicted molar refractivity (Wildman–Crippen MR) is 170 cm³/mol. The Kier molecular flexibility index (Phi) is 11.7. The van der Waals surface area contributed by atoms with Crippen LogP contribution in [0.3, 0.4) is 0 Å². The smallest absolute Gasteiger partial charge is 0.459 e. The molecular weight excluding hydrogens is 554 g/mol. The van der Waals surface area contributed by atoms with E-state index in [1.165, 1.54) is 75.4 Å². The zero-order valence-corrected chi connectivity index (χ0v) is 26.6. The van der Waals surface area contributed by atoms with Crippen LogP contribution in [0.15, 0.2) is 60.7 Å². The Hall–Kier alpha value is -2.90. The lowest BCUT2D eigenvalue weighted by Gasteiger charge is -2.47. The summed E-state index contributed by atoms with van der Waals surface area (Å²) in [5.41, 5.74) is -0.320. The highest BCUT2D eigenvalue weighted by molar-refractivity contribution is 5.86. The monoisotopic (exact) mass is 606 g/mol. The summed E-state index contributed by atoms with van der Waals surface area (Å²) in [6.07, 6.45) is 15.2. The Labute approximate surface area is 263 Å². The molecule has 7 nitrogen and oxygen atoms in total. The third-order valence-electron chi connectivity index (χ3n) is 10.3. The van der Waals surface area contributed by atoms with Crippen molar-refractivity contribution in [3.05, 3.63) is 71.8 Å². The van der Waals surface area contributed by atoms with Crippen molar-refractivity contribution >= 4 is 12.1 Å². The van der Waals surface area contributed by atoms with Crippen LogP contribution < -0.4 is 0 Å². The number of rotatable bonds is 16. The number of unbranched alkanes of at least 4 members (excludes halogenated alkanes) is 7. The molecule has 3 saturated heterocycles. The summed E-state index contributed by atoms with van der Waals surface area (Å²) in [7, 11) is 0. The third kappa shape index (κ3) is 7.48. The van der Waals surface area contributed by atoms with Crippen molar-refractivity contribution in [1.82, 2.24) is 0 Å². The van der Waals surface area contributed by atoms with Crippen molar-refractivity contribution in [2.24, 2.45) is 0 Å². The molecule has 2 unspecified atom stereocenters. The quantitative estimate of drug-likeness (QED) is 0.0834. The van der Waals surface area contributed by atoms with Crippen LogP contribution in [0.4, 0.5) is 4.79 Å². The molecule has 2 bridgehead atoms. The zero-order chi connectivity index (χ0) is 30.7. The number of ether oxygens (including phenoxy) is 4. The Bertz CT molecular complexity index is 1110. The summed E-state index contributed by atoms with van der Waals surface area (Å²) in [5, 5.41) is 0. The normalized spacial score (nSPS) is 22.2. The maximum absolute atomic E-state index is 14.4. The molecule has 44 heavy (non-hydrogen) atoms. The molecule has 0 N–H and O–H groups in total. The van der Waals surface area contributed by atoms with Crippen LogP contribution in [0.2, 0.25) is 0 Å². The van der Waals surface area contributed by atoms with Crippen LogP contribution in [0.5, 0.6) is 0 Å². The van der Waals surface area contributed by atoms with Crippen molar-refractivity contribution < 1.29 is 33.0 Å². The second-order valence-electron chi connectivity index (χ2n) is 13.0. The molecule has 0 aromatic heterocycles. The first-order chi connectivity index (χ1) is 21.6. The van der Waals surface area contributed by atoms with Crippen LogP contribution in [0.25, 0.3) is 0 Å². The van der Waals surface area contributed by atoms with Gasteiger partial charge in [0.1, 0.15) is 6.10 Å². The topological polar surface area (TPSA) is 71.1 Å². The first kappa shape index (κ1) is 32.5. The van der Waals surface area contributed by atoms with E-state index in [-0.39, 0.29) is 6.10 Å². The summed E-state index contributed by atoms with van der Waals surface area (Å²) in [4.78, 5) is 26.8. The number of benzene rings is 2. The number of esters is 1. The molecular formula is C37H52NO6+. The van der Waals surface area contributed by atoms with E-state index < -0.39 is 24.5 Å². The number of nitrogens with zero attached hydrogens (tertiary/aromatic N) is 1. The van der Waals surface area contributed by atoms with E-state index in [1.807, 2.05) is 60.7 Å². The van der Waals surface area contributed by atoms with E-state index in [4.69, 9.17) is 18.9 Å². The van der Waals surface area contributed by atoms with Gasteiger partial charge in [0.05, 0.1) is 31.8 Å². The van der Waals surface area contributed by atoms with E-state index in [2.05, 4.69) is 6.92 Å². The number of hydrogen-bond donors (Lipinski definition) is 0. The van der Waals surface area contributed by atoms with Gasteiger partial charge in [-0.2, -0.15) is 0 Å². The number of hydrogen-bond acceptors (Lipinski definition) is 6. The van der Waals surface area contributed by atoms with Gasteiger partial charge >= 0.3 is 12.1 Å². The molecule has 3 aliphatic heterocycles. The molecule has 240 valence electrons. The van der Waals surface area contributed by atoms with E-state index in [1.54, 1.807) is 0 Å². The second kappa shape index (κ2) is 15.9. The fourth-order valence-corrected chi connectivity index (χ4v) is 8.11. The predicted octanol–water partition coefficient (Wildman–Crippen LogP) is 8.05. The van der Waals surface area contributed by atoms with Crippen LogP contribution in [0, 0.1) is 0 Å². The zero-order valence-electron chi connectivity index (χ0n) is 26.6. The largest absolute Gasteiger partial charge is 0.510 e. The van der Waals surface area contributed by atoms with Crippen LogP contribution in [0.1, 0.15) is 108 Å². The third-order valence-corrected chi connectivity index (χ3v) is 10.3. The van der Waals surface area contributed by atoms with Crippen LogP contribution in [-0.2, 0) is 29.3 Å². The minimum absolute atomic E-state index is 0.155. The second-order valence-corrected chi connectivity index (χ2v) is 13.0. The van der Waals surface area contributed by atoms with Gasteiger partial charge in [-0.1, -0.05) is 113 Å². The number of piperidine rings is 1. The molecule has 2 atom stereocenters. The molecule has 0 radical (unpaired) electrons. The number of quaternary nitrogens is 1. The fraction of sp³-hybridized carbons (Fsp3) is 0.622. The van der Waals surface area contributed by atoms with Gasteiger partial charge in [0, 0.05) is 38.5 Å².